The van der Waals surface area contributed by atoms with E-state index in [0.29, 0.717) is 34.8 Å². The van der Waals surface area contributed by atoms with Gasteiger partial charge in [-0.1, -0.05) is 0 Å². The molecule has 2 aromatic carbocycles. The Morgan fingerprint density at radius 3 is 2.68 bits per heavy atom. The van der Waals surface area contributed by atoms with Crippen LogP contribution in [0.25, 0.3) is 10.9 Å². The van der Waals surface area contributed by atoms with Crippen LogP contribution in [-0.4, -0.2) is 60.7 Å². The Bertz CT molecular complexity index is 1520. The zero-order valence-electron chi connectivity index (χ0n) is 20.4. The monoisotopic (exact) mass is 508 g/mol. The minimum absolute atomic E-state index is 0.0173. The zero-order chi connectivity index (χ0) is 26.7. The number of H-pyrrole nitrogens is 2. The average Bonchev–Trinajstić information content (AvgIpc) is 3.35. The maximum atomic E-state index is 14.9. The number of hydrogen-bond donors (Lipinski definition) is 4. The second-order valence-electron chi connectivity index (χ2n) is 8.72. The second kappa shape index (κ2) is 10.5. The van der Waals surface area contributed by atoms with Gasteiger partial charge >= 0.3 is 5.97 Å². The van der Waals surface area contributed by atoms with Crippen molar-refractivity contribution in [1.29, 1.82) is 0 Å². The molecule has 4 rings (SSSR count). The summed E-state index contributed by atoms with van der Waals surface area (Å²) >= 11 is 0. The number of benzene rings is 2. The summed E-state index contributed by atoms with van der Waals surface area (Å²) < 4.78 is 14.9. The Morgan fingerprint density at radius 2 is 2.00 bits per heavy atom. The van der Waals surface area contributed by atoms with Crippen molar-refractivity contribution in [3.8, 4) is 0 Å². The highest BCUT2D eigenvalue weighted by atomic mass is 19.1. The highest BCUT2D eigenvalue weighted by Crippen LogP contribution is 2.23. The van der Waals surface area contributed by atoms with Crippen LogP contribution < -0.4 is 15.8 Å². The van der Waals surface area contributed by atoms with Gasteiger partial charge in [0.25, 0.3) is 11.5 Å². The van der Waals surface area contributed by atoms with E-state index >= 15 is 0 Å². The fourth-order valence-electron chi connectivity index (χ4n) is 3.95. The summed E-state index contributed by atoms with van der Waals surface area (Å²) in [6, 6.07) is 6.44. The number of hydrogen-bond acceptors (Lipinski definition) is 8. The molecule has 0 saturated heterocycles. The van der Waals surface area contributed by atoms with Gasteiger partial charge in [-0.25, -0.2) is 19.3 Å². The van der Waals surface area contributed by atoms with Crippen molar-refractivity contribution in [2.45, 2.75) is 39.3 Å². The lowest BCUT2D eigenvalue weighted by atomic mass is 10.0. The molecule has 0 fully saturated rings. The summed E-state index contributed by atoms with van der Waals surface area (Å²) in [5.74, 6) is -1.99. The Morgan fingerprint density at radius 1 is 1.22 bits per heavy atom. The molecule has 2 aromatic heterocycles. The summed E-state index contributed by atoms with van der Waals surface area (Å²) in [6.45, 7) is 4.00. The van der Waals surface area contributed by atoms with Gasteiger partial charge in [0.1, 0.15) is 23.5 Å². The first-order chi connectivity index (χ1) is 17.6. The number of tetrazole rings is 1. The number of carbonyl (C=O) groups excluding carboxylic acids is 1. The molecule has 0 aliphatic rings. The highest BCUT2D eigenvalue weighted by Gasteiger charge is 2.23. The van der Waals surface area contributed by atoms with Crippen LogP contribution in [-0.2, 0) is 17.8 Å². The number of carboxylic acids is 1. The number of carbonyl (C=O) groups is 2. The third kappa shape index (κ3) is 5.77. The molecule has 12 nitrogen and oxygen atoms in total. The van der Waals surface area contributed by atoms with E-state index < -0.39 is 23.7 Å². The third-order valence-electron chi connectivity index (χ3n) is 5.99. The third-order valence-corrected chi connectivity index (χ3v) is 5.99. The van der Waals surface area contributed by atoms with E-state index in [0.717, 1.165) is 11.1 Å². The molecule has 0 spiro atoms. The summed E-state index contributed by atoms with van der Waals surface area (Å²) in [5.41, 5.74) is 2.37. The molecule has 2 heterocycles. The van der Waals surface area contributed by atoms with E-state index in [1.54, 1.807) is 31.0 Å². The van der Waals surface area contributed by atoms with E-state index in [1.807, 2.05) is 13.0 Å². The number of halogens is 1. The minimum atomic E-state index is -1.26. The van der Waals surface area contributed by atoms with Crippen molar-refractivity contribution in [3.05, 3.63) is 74.8 Å². The van der Waals surface area contributed by atoms with Gasteiger partial charge in [0.15, 0.2) is 0 Å². The van der Waals surface area contributed by atoms with E-state index in [-0.39, 0.29) is 24.0 Å². The molecule has 13 heteroatoms. The van der Waals surface area contributed by atoms with Crippen LogP contribution in [0.15, 0.2) is 35.1 Å². The second-order valence-corrected chi connectivity index (χ2v) is 8.72. The van der Waals surface area contributed by atoms with Crippen molar-refractivity contribution in [3.63, 3.8) is 0 Å². The van der Waals surface area contributed by atoms with E-state index in [4.69, 9.17) is 0 Å². The molecule has 1 unspecified atom stereocenters. The van der Waals surface area contributed by atoms with Gasteiger partial charge < -0.3 is 20.3 Å². The van der Waals surface area contributed by atoms with Crippen molar-refractivity contribution in [1.82, 2.24) is 35.9 Å². The van der Waals surface area contributed by atoms with Gasteiger partial charge in [0.2, 0.25) is 0 Å². The van der Waals surface area contributed by atoms with Crippen LogP contribution in [0, 0.1) is 19.7 Å². The molecule has 0 bridgehead atoms. The lowest BCUT2D eigenvalue weighted by Crippen LogP contribution is -2.41. The first-order valence-electron chi connectivity index (χ1n) is 11.4. The number of amides is 1. The van der Waals surface area contributed by atoms with Gasteiger partial charge in [0.05, 0.1) is 16.5 Å². The van der Waals surface area contributed by atoms with Crippen LogP contribution in [0.3, 0.4) is 0 Å². The van der Waals surface area contributed by atoms with Crippen LogP contribution in [0.1, 0.15) is 39.6 Å². The number of anilines is 1. The normalized spacial score (nSPS) is 11.9. The Hall–Kier alpha value is -4.68. The van der Waals surface area contributed by atoms with Crippen molar-refractivity contribution < 1.29 is 19.1 Å². The first-order valence-corrected chi connectivity index (χ1v) is 11.4. The summed E-state index contributed by atoms with van der Waals surface area (Å²) in [7, 11) is 1.76. The number of fused-ring (bicyclic) bond motifs is 1. The number of aryl methyl sites for hydroxylation is 3. The van der Waals surface area contributed by atoms with Crippen LogP contribution in [0.2, 0.25) is 0 Å². The summed E-state index contributed by atoms with van der Waals surface area (Å²) in [4.78, 5) is 45.4. The largest absolute Gasteiger partial charge is 0.480 e. The Kier molecular flexibility index (Phi) is 7.22. The molecular weight excluding hydrogens is 483 g/mol. The fraction of sp³-hybridized carbons (Fsp3) is 0.292. The summed E-state index contributed by atoms with van der Waals surface area (Å²) in [5, 5.41) is 25.3. The highest BCUT2D eigenvalue weighted by molar-refractivity contribution is 5.97. The number of aromatic nitrogens is 6. The maximum absolute atomic E-state index is 14.9. The molecule has 0 aliphatic heterocycles. The van der Waals surface area contributed by atoms with Crippen LogP contribution >= 0.6 is 0 Å². The first kappa shape index (κ1) is 25.4. The van der Waals surface area contributed by atoms with Gasteiger partial charge in [-0.05, 0) is 72.2 Å². The molecule has 4 aromatic rings. The number of nitrogens with zero attached hydrogens (tertiary/aromatic N) is 5. The van der Waals surface area contributed by atoms with Crippen LogP contribution in [0.4, 0.5) is 10.1 Å². The molecule has 0 aliphatic carbocycles. The fourth-order valence-corrected chi connectivity index (χ4v) is 3.95. The van der Waals surface area contributed by atoms with Crippen molar-refractivity contribution in [2.24, 2.45) is 0 Å². The number of aromatic amines is 2. The van der Waals surface area contributed by atoms with E-state index in [1.165, 1.54) is 12.1 Å². The predicted molar refractivity (Wildman–Crippen MR) is 132 cm³/mol. The molecule has 1 amide bonds. The SMILES string of the molecule is Cc1nc2cc(C)c(CN(C)c3ccc(C(=O)NC(CCc4nnn[nH]4)C(=O)O)c(F)c3)cc2c(=O)[nH]1. The van der Waals surface area contributed by atoms with Gasteiger partial charge in [-0.15, -0.1) is 5.10 Å². The molecule has 0 radical (unpaired) electrons. The lowest BCUT2D eigenvalue weighted by Gasteiger charge is -2.22. The van der Waals surface area contributed by atoms with Crippen molar-refractivity contribution >= 4 is 28.5 Å². The quantitative estimate of drug-likeness (QED) is 0.262. The Balaban J connectivity index is 1.47. The summed E-state index contributed by atoms with van der Waals surface area (Å²) in [6.07, 6.45) is 0.204. The maximum Gasteiger partial charge on any atom is 0.326 e. The Labute approximate surface area is 209 Å². The predicted octanol–water partition coefficient (Wildman–Crippen LogP) is 1.64. The van der Waals surface area contributed by atoms with Crippen LogP contribution in [0.5, 0.6) is 0 Å². The van der Waals surface area contributed by atoms with E-state index in [2.05, 4.69) is 35.9 Å². The average molecular weight is 509 g/mol. The minimum Gasteiger partial charge on any atom is -0.480 e. The van der Waals surface area contributed by atoms with Gasteiger partial charge in [-0.2, -0.15) is 0 Å². The van der Waals surface area contributed by atoms with Gasteiger partial charge in [0, 0.05) is 25.7 Å². The van der Waals surface area contributed by atoms with Gasteiger partial charge in [-0.3, -0.25) is 9.59 Å². The van der Waals surface area contributed by atoms with E-state index in [9.17, 15) is 23.9 Å². The van der Waals surface area contributed by atoms with Crippen molar-refractivity contribution in [2.75, 3.05) is 11.9 Å². The number of rotatable bonds is 9. The number of aliphatic carboxylic acids is 1. The lowest BCUT2D eigenvalue weighted by molar-refractivity contribution is -0.139. The molecule has 1 atom stereocenters. The zero-order valence-corrected chi connectivity index (χ0v) is 20.4. The molecule has 4 N–H and O–H groups in total. The molecule has 37 heavy (non-hydrogen) atoms. The molecule has 0 saturated carbocycles. The standard InChI is InChI=1S/C24H25FN8O4/c1-12-8-20-17(23(35)27-13(2)26-20)9-14(12)11-33(3)15-4-5-16(18(25)10-15)22(34)28-19(24(36)37)6-7-21-29-31-32-30-21/h4-5,8-10,19H,6-7,11H2,1-3H3,(H,28,34)(H,36,37)(H,26,27,35)(H,29,30,31,32). The molecular formula is C24H25FN8O4. The number of carboxylic acid groups (broad SMARTS) is 1. The topological polar surface area (TPSA) is 170 Å². The smallest absolute Gasteiger partial charge is 0.326 e. The molecule has 192 valence electrons. The number of nitrogens with one attached hydrogen (secondary N) is 3.